The molecule has 7 rings (SSSR count). The third-order valence-corrected chi connectivity index (χ3v) is 10.0. The maximum Gasteiger partial charge on any atom is 0.416 e. The normalized spacial score (nSPS) is 17.3. The molecule has 2 atom stereocenters. The van der Waals surface area contributed by atoms with Gasteiger partial charge < -0.3 is 10.1 Å². The zero-order valence-corrected chi connectivity index (χ0v) is 25.2. The molecule has 0 radical (unpaired) electrons. The zero-order chi connectivity index (χ0) is 32.2. The van der Waals surface area contributed by atoms with Crippen molar-refractivity contribution in [1.29, 1.82) is 0 Å². The van der Waals surface area contributed by atoms with Gasteiger partial charge in [-0.15, -0.1) is 0 Å². The number of benzene rings is 5. The number of amides is 1. The largest absolute Gasteiger partial charge is 0.496 e. The molecule has 46 heavy (non-hydrogen) atoms. The van der Waals surface area contributed by atoms with Crippen molar-refractivity contribution in [1.82, 2.24) is 0 Å². The molecule has 0 saturated heterocycles. The van der Waals surface area contributed by atoms with Crippen molar-refractivity contribution in [2.45, 2.75) is 29.3 Å². The molecule has 2 aliphatic rings. The summed E-state index contributed by atoms with van der Waals surface area (Å²) in [4.78, 5) is 13.6. The SMILES string of the molecule is COc1ccc(CC2=Cc3ccccc3C2C2C(=O)Nc3ccc(S(=O)(=O)Nc4ccc(C(F)(F)F)cc4)cc32)c2ccccc12. The minimum absolute atomic E-state index is 0.0130. The van der Waals surface area contributed by atoms with Gasteiger partial charge in [-0.05, 0) is 82.6 Å². The first kappa shape index (κ1) is 29.6. The highest BCUT2D eigenvalue weighted by atomic mass is 32.2. The molecule has 0 spiro atoms. The summed E-state index contributed by atoms with van der Waals surface area (Å²) in [5, 5.41) is 4.95. The Bertz CT molecular complexity index is 2160. The Morgan fingerprint density at radius 1 is 0.826 bits per heavy atom. The zero-order valence-electron chi connectivity index (χ0n) is 24.4. The van der Waals surface area contributed by atoms with E-state index in [2.05, 4.69) is 16.1 Å². The van der Waals surface area contributed by atoms with Crippen LogP contribution in [0.1, 0.15) is 39.7 Å². The van der Waals surface area contributed by atoms with Crippen molar-refractivity contribution < 1.29 is 31.1 Å². The molecule has 5 aromatic rings. The lowest BCUT2D eigenvalue weighted by Crippen LogP contribution is -2.21. The van der Waals surface area contributed by atoms with Gasteiger partial charge in [0, 0.05) is 22.7 Å². The summed E-state index contributed by atoms with van der Waals surface area (Å²) in [5.74, 6) is -0.551. The van der Waals surface area contributed by atoms with Crippen LogP contribution in [0.2, 0.25) is 0 Å². The number of hydrogen-bond donors (Lipinski definition) is 2. The van der Waals surface area contributed by atoms with Gasteiger partial charge in [-0.1, -0.05) is 66.2 Å². The average Bonchev–Trinajstić information content (AvgIpc) is 3.55. The van der Waals surface area contributed by atoms with E-state index in [0.717, 1.165) is 63.1 Å². The summed E-state index contributed by atoms with van der Waals surface area (Å²) < 4.78 is 73.8. The molecule has 0 fully saturated rings. The maximum atomic E-state index is 13.7. The van der Waals surface area contributed by atoms with Gasteiger partial charge in [-0.2, -0.15) is 13.2 Å². The molecule has 0 aromatic heterocycles. The molecule has 10 heteroatoms. The van der Waals surface area contributed by atoms with Gasteiger partial charge in [0.25, 0.3) is 10.0 Å². The molecule has 1 heterocycles. The smallest absolute Gasteiger partial charge is 0.416 e. The van der Waals surface area contributed by atoms with E-state index < -0.39 is 27.7 Å². The van der Waals surface area contributed by atoms with Gasteiger partial charge in [0.1, 0.15) is 5.75 Å². The second-order valence-corrected chi connectivity index (χ2v) is 13.1. The Hall–Kier alpha value is -5.09. The van der Waals surface area contributed by atoms with Crippen molar-refractivity contribution in [2.75, 3.05) is 17.1 Å². The van der Waals surface area contributed by atoms with Gasteiger partial charge >= 0.3 is 6.18 Å². The van der Waals surface area contributed by atoms with Crippen molar-refractivity contribution in [3.63, 3.8) is 0 Å². The van der Waals surface area contributed by atoms with E-state index >= 15 is 0 Å². The van der Waals surface area contributed by atoms with E-state index in [-0.39, 0.29) is 22.4 Å². The first-order valence-electron chi connectivity index (χ1n) is 14.5. The van der Waals surface area contributed by atoms with Crippen LogP contribution in [0.5, 0.6) is 5.75 Å². The van der Waals surface area contributed by atoms with Crippen molar-refractivity contribution in [3.8, 4) is 5.75 Å². The Morgan fingerprint density at radius 3 is 2.28 bits per heavy atom. The molecule has 6 nitrogen and oxygen atoms in total. The van der Waals surface area contributed by atoms with Crippen LogP contribution in [0.3, 0.4) is 0 Å². The average molecular weight is 641 g/mol. The number of anilines is 2. The van der Waals surface area contributed by atoms with E-state index in [1.165, 1.54) is 12.1 Å². The number of halogens is 3. The Kier molecular flexibility index (Phi) is 7.12. The lowest BCUT2D eigenvalue weighted by molar-refractivity contribution is -0.137. The lowest BCUT2D eigenvalue weighted by Gasteiger charge is -2.24. The monoisotopic (exact) mass is 640 g/mol. The maximum absolute atomic E-state index is 13.7. The third kappa shape index (κ3) is 5.18. The van der Waals surface area contributed by atoms with Gasteiger partial charge in [-0.3, -0.25) is 9.52 Å². The summed E-state index contributed by atoms with van der Waals surface area (Å²) in [6, 6.07) is 28.0. The molecular weight excluding hydrogens is 613 g/mol. The van der Waals surface area contributed by atoms with Crippen LogP contribution in [-0.4, -0.2) is 21.4 Å². The summed E-state index contributed by atoms with van der Waals surface area (Å²) >= 11 is 0. The van der Waals surface area contributed by atoms with Crippen LogP contribution in [0.15, 0.2) is 114 Å². The fraction of sp³-hybridized carbons (Fsp3) is 0.139. The molecule has 2 unspecified atom stereocenters. The van der Waals surface area contributed by atoms with Crippen LogP contribution >= 0.6 is 0 Å². The molecule has 1 aliphatic heterocycles. The standard InChI is InChI=1S/C36H27F3N2O4S/c1-45-32-17-10-22(27-7-4-5-9-29(27)32)19-23-18-21-6-2-3-8-28(21)33(23)34-30-20-26(15-16-31(30)40-35(34)42)46(43,44)41-25-13-11-24(12-14-25)36(37,38)39/h2-18,20,33-34,41H,19H2,1H3,(H,40,42). The third-order valence-electron chi connectivity index (χ3n) is 8.67. The highest BCUT2D eigenvalue weighted by Gasteiger charge is 2.42. The second kappa shape index (κ2) is 11.1. The van der Waals surface area contributed by atoms with E-state index in [0.29, 0.717) is 17.7 Å². The van der Waals surface area contributed by atoms with E-state index in [9.17, 15) is 26.4 Å². The predicted molar refractivity (Wildman–Crippen MR) is 171 cm³/mol. The van der Waals surface area contributed by atoms with Gasteiger partial charge in [0.05, 0.1) is 23.5 Å². The minimum Gasteiger partial charge on any atom is -0.496 e. The highest BCUT2D eigenvalue weighted by Crippen LogP contribution is 2.51. The fourth-order valence-corrected chi connectivity index (χ4v) is 7.65. The molecule has 0 saturated carbocycles. The fourth-order valence-electron chi connectivity index (χ4n) is 6.56. The van der Waals surface area contributed by atoms with Gasteiger partial charge in [0.15, 0.2) is 0 Å². The Labute approximate surface area is 263 Å². The molecule has 5 aromatic carbocycles. The molecule has 2 N–H and O–H groups in total. The number of alkyl halides is 3. The van der Waals surface area contributed by atoms with Gasteiger partial charge in [-0.25, -0.2) is 8.42 Å². The topological polar surface area (TPSA) is 84.5 Å². The number of sulfonamides is 1. The van der Waals surface area contributed by atoms with Crippen LogP contribution in [0.4, 0.5) is 24.5 Å². The first-order chi connectivity index (χ1) is 22.0. The second-order valence-electron chi connectivity index (χ2n) is 11.4. The number of allylic oxidation sites excluding steroid dienone is 1. The number of nitrogens with one attached hydrogen (secondary N) is 2. The van der Waals surface area contributed by atoms with Crippen molar-refractivity contribution in [2.24, 2.45) is 0 Å². The van der Waals surface area contributed by atoms with Gasteiger partial charge in [0.2, 0.25) is 5.91 Å². The Balaban J connectivity index is 1.25. The number of fused-ring (bicyclic) bond motifs is 3. The van der Waals surface area contributed by atoms with Crippen molar-refractivity contribution in [3.05, 3.63) is 137 Å². The predicted octanol–water partition coefficient (Wildman–Crippen LogP) is 8.13. The van der Waals surface area contributed by atoms with E-state index in [4.69, 9.17) is 4.74 Å². The number of rotatable bonds is 7. The molecular formula is C36H27F3N2O4S. The number of hydrogen-bond acceptors (Lipinski definition) is 4. The molecule has 0 bridgehead atoms. The van der Waals surface area contributed by atoms with Crippen LogP contribution in [0, 0.1) is 0 Å². The Morgan fingerprint density at radius 2 is 1.54 bits per heavy atom. The minimum atomic E-state index is -4.54. The number of methoxy groups -OCH3 is 1. The van der Waals surface area contributed by atoms with E-state index in [1.54, 1.807) is 13.2 Å². The molecule has 1 aliphatic carbocycles. The van der Waals surface area contributed by atoms with Crippen LogP contribution < -0.4 is 14.8 Å². The summed E-state index contributed by atoms with van der Waals surface area (Å²) in [5.41, 5.74) is 4.20. The summed E-state index contributed by atoms with van der Waals surface area (Å²) in [7, 11) is -2.56. The number of carbonyl (C=O) groups is 1. The summed E-state index contributed by atoms with van der Waals surface area (Å²) in [6.45, 7) is 0. The quantitative estimate of drug-likeness (QED) is 0.188. The first-order valence-corrected chi connectivity index (χ1v) is 16.0. The lowest BCUT2D eigenvalue weighted by atomic mass is 9.78. The summed E-state index contributed by atoms with van der Waals surface area (Å²) in [6.07, 6.45) is -1.88. The number of ether oxygens (including phenoxy) is 1. The van der Waals surface area contributed by atoms with Crippen molar-refractivity contribution >= 4 is 44.2 Å². The molecule has 232 valence electrons. The van der Waals surface area contributed by atoms with E-state index in [1.807, 2.05) is 60.7 Å². The highest BCUT2D eigenvalue weighted by molar-refractivity contribution is 7.92. The number of carbonyl (C=O) groups excluding carboxylic acids is 1. The molecule has 1 amide bonds. The van der Waals surface area contributed by atoms with Crippen LogP contribution in [0.25, 0.3) is 16.8 Å². The van der Waals surface area contributed by atoms with Crippen LogP contribution in [-0.2, 0) is 27.4 Å².